The Hall–Kier alpha value is -3.85. The summed E-state index contributed by atoms with van der Waals surface area (Å²) in [5.74, 6) is -0.539. The number of amides is 2. The number of nitrogen functional groups attached to an aromatic ring is 1. The number of rotatable bonds is 5. The topological polar surface area (TPSA) is 135 Å². The van der Waals surface area contributed by atoms with Crippen molar-refractivity contribution in [2.75, 3.05) is 24.1 Å². The Balaban J connectivity index is 1.53. The van der Waals surface area contributed by atoms with Gasteiger partial charge in [0.15, 0.2) is 11.5 Å². The summed E-state index contributed by atoms with van der Waals surface area (Å²) in [4.78, 5) is 37.6. The molecule has 5 N–H and O–H groups in total. The SMILES string of the molecule is Nc1ncc(-c2cccc(NC(=O)c3cccnc3)c2)nc1C(=O)N[C@H]1CCCNC1. The lowest BCUT2D eigenvalue weighted by Crippen LogP contribution is -2.46. The molecule has 1 saturated heterocycles. The normalized spacial score (nSPS) is 15.8. The summed E-state index contributed by atoms with van der Waals surface area (Å²) in [6.07, 6.45) is 6.53. The number of nitrogens with one attached hydrogen (secondary N) is 3. The summed E-state index contributed by atoms with van der Waals surface area (Å²) < 4.78 is 0. The van der Waals surface area contributed by atoms with Crippen molar-refractivity contribution in [2.45, 2.75) is 18.9 Å². The van der Waals surface area contributed by atoms with Gasteiger partial charge in [-0.2, -0.15) is 0 Å². The maximum absolute atomic E-state index is 12.7. The molecule has 1 aliphatic rings. The Bertz CT molecular complexity index is 1080. The lowest BCUT2D eigenvalue weighted by Gasteiger charge is -2.23. The van der Waals surface area contributed by atoms with Crippen LogP contribution in [0.3, 0.4) is 0 Å². The first-order valence-corrected chi connectivity index (χ1v) is 10.1. The Morgan fingerprint density at radius 1 is 1.13 bits per heavy atom. The molecule has 1 atom stereocenters. The summed E-state index contributed by atoms with van der Waals surface area (Å²) >= 11 is 0. The van der Waals surface area contributed by atoms with E-state index in [2.05, 4.69) is 30.9 Å². The highest BCUT2D eigenvalue weighted by Gasteiger charge is 2.20. The fourth-order valence-electron chi connectivity index (χ4n) is 3.39. The van der Waals surface area contributed by atoms with Gasteiger partial charge in [-0.25, -0.2) is 9.97 Å². The lowest BCUT2D eigenvalue weighted by atomic mass is 10.1. The van der Waals surface area contributed by atoms with E-state index in [0.717, 1.165) is 25.9 Å². The summed E-state index contributed by atoms with van der Waals surface area (Å²) in [5, 5.41) is 9.05. The van der Waals surface area contributed by atoms with E-state index in [4.69, 9.17) is 5.73 Å². The van der Waals surface area contributed by atoms with Crippen LogP contribution in [0.25, 0.3) is 11.3 Å². The number of anilines is 2. The minimum absolute atomic E-state index is 0.0390. The van der Waals surface area contributed by atoms with Gasteiger partial charge in [0, 0.05) is 36.2 Å². The van der Waals surface area contributed by atoms with Crippen LogP contribution < -0.4 is 21.7 Å². The van der Waals surface area contributed by atoms with Crippen molar-refractivity contribution in [2.24, 2.45) is 0 Å². The monoisotopic (exact) mass is 417 g/mol. The molecule has 3 aromatic rings. The Kier molecular flexibility index (Phi) is 6.13. The highest BCUT2D eigenvalue weighted by atomic mass is 16.2. The molecule has 4 rings (SSSR count). The van der Waals surface area contributed by atoms with Gasteiger partial charge in [-0.05, 0) is 43.7 Å². The molecule has 9 heteroatoms. The Morgan fingerprint density at radius 3 is 2.81 bits per heavy atom. The van der Waals surface area contributed by atoms with E-state index < -0.39 is 0 Å². The Labute approximate surface area is 179 Å². The van der Waals surface area contributed by atoms with Crippen LogP contribution in [0.4, 0.5) is 11.5 Å². The zero-order valence-electron chi connectivity index (χ0n) is 16.8. The third-order valence-electron chi connectivity index (χ3n) is 4.99. The molecule has 0 bridgehead atoms. The van der Waals surface area contributed by atoms with Crippen molar-refractivity contribution in [1.82, 2.24) is 25.6 Å². The first kappa shape index (κ1) is 20.4. The second-order valence-corrected chi connectivity index (χ2v) is 7.28. The van der Waals surface area contributed by atoms with Crippen LogP contribution in [0.5, 0.6) is 0 Å². The minimum atomic E-state index is -0.346. The fourth-order valence-corrected chi connectivity index (χ4v) is 3.39. The van der Waals surface area contributed by atoms with Crippen LogP contribution in [0.2, 0.25) is 0 Å². The second-order valence-electron chi connectivity index (χ2n) is 7.28. The molecule has 2 amide bonds. The van der Waals surface area contributed by atoms with Gasteiger partial charge in [0.05, 0.1) is 17.5 Å². The molecule has 0 aliphatic carbocycles. The van der Waals surface area contributed by atoms with E-state index in [-0.39, 0.29) is 29.4 Å². The quantitative estimate of drug-likeness (QED) is 0.498. The van der Waals surface area contributed by atoms with Crippen molar-refractivity contribution in [3.8, 4) is 11.3 Å². The van der Waals surface area contributed by atoms with Crippen molar-refractivity contribution in [3.05, 3.63) is 66.2 Å². The van der Waals surface area contributed by atoms with Gasteiger partial charge >= 0.3 is 0 Å². The average molecular weight is 417 g/mol. The van der Waals surface area contributed by atoms with Crippen molar-refractivity contribution < 1.29 is 9.59 Å². The number of nitrogens with two attached hydrogens (primary N) is 1. The number of piperidine rings is 1. The number of carbonyl (C=O) groups is 2. The van der Waals surface area contributed by atoms with Gasteiger partial charge in [0.1, 0.15) is 0 Å². The molecule has 158 valence electrons. The van der Waals surface area contributed by atoms with Gasteiger partial charge in [0.2, 0.25) is 0 Å². The largest absolute Gasteiger partial charge is 0.382 e. The molecule has 1 aromatic carbocycles. The summed E-state index contributed by atoms with van der Waals surface area (Å²) in [6.45, 7) is 1.68. The van der Waals surface area contributed by atoms with E-state index in [1.807, 2.05) is 6.07 Å². The molecule has 2 aromatic heterocycles. The van der Waals surface area contributed by atoms with Gasteiger partial charge in [-0.1, -0.05) is 12.1 Å². The number of hydrogen-bond donors (Lipinski definition) is 4. The van der Waals surface area contributed by atoms with Gasteiger partial charge < -0.3 is 21.7 Å². The molecule has 9 nitrogen and oxygen atoms in total. The van der Waals surface area contributed by atoms with E-state index in [1.54, 1.807) is 36.5 Å². The van der Waals surface area contributed by atoms with Crippen LogP contribution in [0.15, 0.2) is 55.0 Å². The Morgan fingerprint density at radius 2 is 2.03 bits per heavy atom. The number of nitrogens with zero attached hydrogens (tertiary/aromatic N) is 3. The average Bonchev–Trinajstić information content (AvgIpc) is 2.81. The number of pyridine rings is 1. The van der Waals surface area contributed by atoms with Crippen LogP contribution in [0, 0.1) is 0 Å². The molecule has 0 saturated carbocycles. The highest BCUT2D eigenvalue weighted by Crippen LogP contribution is 2.22. The van der Waals surface area contributed by atoms with Gasteiger partial charge in [-0.15, -0.1) is 0 Å². The molecule has 0 spiro atoms. The molecule has 1 fully saturated rings. The summed E-state index contributed by atoms with van der Waals surface area (Å²) in [7, 11) is 0. The maximum atomic E-state index is 12.7. The van der Waals surface area contributed by atoms with E-state index in [9.17, 15) is 9.59 Å². The lowest BCUT2D eigenvalue weighted by molar-refractivity contribution is 0.0925. The van der Waals surface area contributed by atoms with E-state index >= 15 is 0 Å². The zero-order valence-corrected chi connectivity index (χ0v) is 16.8. The predicted molar refractivity (Wildman–Crippen MR) is 117 cm³/mol. The number of hydrogen-bond acceptors (Lipinski definition) is 7. The second kappa shape index (κ2) is 9.31. The third-order valence-corrected chi connectivity index (χ3v) is 4.99. The molecule has 1 aliphatic heterocycles. The zero-order chi connectivity index (χ0) is 21.6. The van der Waals surface area contributed by atoms with E-state index in [1.165, 1.54) is 12.4 Å². The molecular formula is C22H23N7O2. The minimum Gasteiger partial charge on any atom is -0.382 e. The van der Waals surface area contributed by atoms with Crippen LogP contribution in [-0.2, 0) is 0 Å². The van der Waals surface area contributed by atoms with Crippen molar-refractivity contribution >= 4 is 23.3 Å². The molecule has 0 radical (unpaired) electrons. The summed E-state index contributed by atoms with van der Waals surface area (Å²) in [6, 6.07) is 10.6. The highest BCUT2D eigenvalue weighted by molar-refractivity contribution is 6.04. The number of benzene rings is 1. The van der Waals surface area contributed by atoms with Crippen LogP contribution in [-0.4, -0.2) is 45.9 Å². The third kappa shape index (κ3) is 5.01. The fraction of sp³-hybridized carbons (Fsp3) is 0.227. The van der Waals surface area contributed by atoms with Crippen molar-refractivity contribution in [1.29, 1.82) is 0 Å². The first-order valence-electron chi connectivity index (χ1n) is 10.1. The maximum Gasteiger partial charge on any atom is 0.274 e. The standard InChI is InChI=1S/C22H23N7O2/c23-20-19(22(31)28-17-7-3-9-25-12-17)29-18(13-26-20)14-4-1-6-16(10-14)27-21(30)15-5-2-8-24-11-15/h1-2,4-6,8,10-11,13,17,25H,3,7,9,12H2,(H2,23,26)(H,27,30)(H,28,31)/t17-/m0/s1. The predicted octanol–water partition coefficient (Wildman–Crippen LogP) is 1.85. The smallest absolute Gasteiger partial charge is 0.274 e. The van der Waals surface area contributed by atoms with Crippen molar-refractivity contribution in [3.63, 3.8) is 0 Å². The van der Waals surface area contributed by atoms with Crippen LogP contribution >= 0.6 is 0 Å². The summed E-state index contributed by atoms with van der Waals surface area (Å²) in [5.41, 5.74) is 8.24. The molecule has 0 unspecified atom stereocenters. The molecule has 3 heterocycles. The molecule has 31 heavy (non-hydrogen) atoms. The first-order chi connectivity index (χ1) is 15.1. The number of aromatic nitrogens is 3. The number of carbonyl (C=O) groups excluding carboxylic acids is 2. The van der Waals surface area contributed by atoms with Gasteiger partial charge in [0.25, 0.3) is 11.8 Å². The molecular weight excluding hydrogens is 394 g/mol. The van der Waals surface area contributed by atoms with Crippen LogP contribution in [0.1, 0.15) is 33.7 Å². The van der Waals surface area contributed by atoms with Gasteiger partial charge in [-0.3, -0.25) is 14.6 Å². The van der Waals surface area contributed by atoms with E-state index in [0.29, 0.717) is 22.5 Å².